The fourth-order valence-electron chi connectivity index (χ4n) is 4.44. The van der Waals surface area contributed by atoms with Crippen LogP contribution in [0.4, 0.5) is 20.5 Å². The van der Waals surface area contributed by atoms with Gasteiger partial charge in [-0.1, -0.05) is 24.6 Å². The summed E-state index contributed by atoms with van der Waals surface area (Å²) in [6, 6.07) is 11.7. The molecule has 176 valence electrons. The molecule has 0 aliphatic carbocycles. The van der Waals surface area contributed by atoms with Gasteiger partial charge in [0.05, 0.1) is 16.8 Å². The van der Waals surface area contributed by atoms with E-state index in [9.17, 15) is 8.78 Å². The number of piperidine rings is 1. The molecule has 34 heavy (non-hydrogen) atoms. The maximum atomic E-state index is 14.8. The van der Waals surface area contributed by atoms with E-state index in [1.165, 1.54) is 31.4 Å². The molecule has 5 rings (SSSR count). The number of aryl methyl sites for hydroxylation is 1. The number of fused-ring (bicyclic) bond motifs is 1. The summed E-state index contributed by atoms with van der Waals surface area (Å²) < 4.78 is 30.5. The molecule has 3 heterocycles. The van der Waals surface area contributed by atoms with Crippen molar-refractivity contribution in [3.63, 3.8) is 0 Å². The number of hydrogen-bond acceptors (Lipinski definition) is 6. The fourth-order valence-corrected chi connectivity index (χ4v) is 4.44. The quantitative estimate of drug-likeness (QED) is 0.436. The highest BCUT2D eigenvalue weighted by Gasteiger charge is 2.22. The first kappa shape index (κ1) is 22.2. The molecule has 0 amide bonds. The van der Waals surface area contributed by atoms with E-state index in [0.29, 0.717) is 23.5 Å². The largest absolute Gasteiger partial charge is 0.383 e. The van der Waals surface area contributed by atoms with Gasteiger partial charge in [0, 0.05) is 18.7 Å². The lowest BCUT2D eigenvalue weighted by molar-refractivity contribution is 0.237. The highest BCUT2D eigenvalue weighted by molar-refractivity contribution is 5.99. The summed E-state index contributed by atoms with van der Waals surface area (Å²) in [5.74, 6) is -1.37. The van der Waals surface area contributed by atoms with Crippen LogP contribution in [-0.4, -0.2) is 50.8 Å². The average Bonchev–Trinajstić information content (AvgIpc) is 3.17. The Balaban J connectivity index is 1.58. The maximum Gasteiger partial charge on any atom is 0.225 e. The minimum Gasteiger partial charge on any atom is -0.383 e. The van der Waals surface area contributed by atoms with E-state index in [0.717, 1.165) is 37.0 Å². The number of hydrogen-bond donors (Lipinski definition) is 2. The van der Waals surface area contributed by atoms with Crippen molar-refractivity contribution in [3.8, 4) is 16.9 Å². The number of halogens is 2. The summed E-state index contributed by atoms with van der Waals surface area (Å²) in [5, 5.41) is 8.21. The Morgan fingerprint density at radius 1 is 1.03 bits per heavy atom. The Labute approximate surface area is 196 Å². The Morgan fingerprint density at radius 3 is 2.62 bits per heavy atom. The molecule has 3 N–H and O–H groups in total. The number of nitrogens with one attached hydrogen (secondary N) is 1. The van der Waals surface area contributed by atoms with E-state index in [2.05, 4.69) is 25.3 Å². The summed E-state index contributed by atoms with van der Waals surface area (Å²) in [6.45, 7) is 5.62. The number of anilines is 2. The predicted octanol–water partition coefficient (Wildman–Crippen LogP) is 4.55. The third-order valence-corrected chi connectivity index (χ3v) is 6.18. The molecular formula is C25H27F2N7. The van der Waals surface area contributed by atoms with Gasteiger partial charge in [-0.25, -0.2) is 18.4 Å². The molecule has 0 bridgehead atoms. The molecule has 2 aromatic carbocycles. The second kappa shape index (κ2) is 9.34. The van der Waals surface area contributed by atoms with Crippen LogP contribution in [0.5, 0.6) is 0 Å². The molecule has 0 spiro atoms. The fraction of sp³-hybridized carbons (Fsp3) is 0.320. The molecule has 1 aliphatic heterocycles. The highest BCUT2D eigenvalue weighted by atomic mass is 19.2. The van der Waals surface area contributed by atoms with Gasteiger partial charge < -0.3 is 16.0 Å². The van der Waals surface area contributed by atoms with Crippen LogP contribution in [0, 0.1) is 18.6 Å². The van der Waals surface area contributed by atoms with Gasteiger partial charge in [-0.05, 0) is 62.7 Å². The molecule has 0 saturated carbocycles. The summed E-state index contributed by atoms with van der Waals surface area (Å²) >= 11 is 0. The lowest BCUT2D eigenvalue weighted by atomic mass is 10.1. The van der Waals surface area contributed by atoms with Crippen LogP contribution in [0.25, 0.3) is 28.0 Å². The first-order valence-electron chi connectivity index (χ1n) is 11.5. The van der Waals surface area contributed by atoms with Crippen LogP contribution < -0.4 is 11.1 Å². The zero-order valence-electron chi connectivity index (χ0n) is 19.1. The Kier molecular flexibility index (Phi) is 6.10. The van der Waals surface area contributed by atoms with Crippen molar-refractivity contribution in [1.82, 2.24) is 24.6 Å². The van der Waals surface area contributed by atoms with Crippen molar-refractivity contribution in [2.45, 2.75) is 26.2 Å². The molecule has 1 fully saturated rings. The monoisotopic (exact) mass is 463 g/mol. The number of benzene rings is 2. The Bertz CT molecular complexity index is 1330. The third kappa shape index (κ3) is 4.31. The van der Waals surface area contributed by atoms with E-state index in [-0.39, 0.29) is 17.1 Å². The molecule has 0 atom stereocenters. The molecule has 2 aromatic heterocycles. The lowest BCUT2D eigenvalue weighted by Crippen LogP contribution is -2.33. The number of nitrogen functional groups attached to an aromatic ring is 1. The van der Waals surface area contributed by atoms with Crippen LogP contribution >= 0.6 is 0 Å². The van der Waals surface area contributed by atoms with Crippen molar-refractivity contribution in [3.05, 3.63) is 59.7 Å². The van der Waals surface area contributed by atoms with Crippen molar-refractivity contribution < 1.29 is 8.78 Å². The van der Waals surface area contributed by atoms with E-state index in [1.807, 2.05) is 31.2 Å². The first-order valence-corrected chi connectivity index (χ1v) is 11.5. The maximum absolute atomic E-state index is 14.8. The first-order chi connectivity index (χ1) is 16.5. The Hall–Kier alpha value is -3.59. The van der Waals surface area contributed by atoms with Crippen LogP contribution in [0.15, 0.2) is 42.5 Å². The van der Waals surface area contributed by atoms with Crippen molar-refractivity contribution in [1.29, 1.82) is 0 Å². The molecule has 0 radical (unpaired) electrons. The van der Waals surface area contributed by atoms with Crippen molar-refractivity contribution in [2.75, 3.05) is 37.2 Å². The van der Waals surface area contributed by atoms with E-state index in [1.54, 1.807) is 4.68 Å². The zero-order valence-corrected chi connectivity index (χ0v) is 19.1. The van der Waals surface area contributed by atoms with Gasteiger partial charge in [0.25, 0.3) is 0 Å². The van der Waals surface area contributed by atoms with Crippen LogP contribution in [0.3, 0.4) is 0 Å². The number of rotatable bonds is 6. The smallest absolute Gasteiger partial charge is 0.225 e. The summed E-state index contributed by atoms with van der Waals surface area (Å²) in [6.07, 6.45) is 3.69. The van der Waals surface area contributed by atoms with E-state index >= 15 is 0 Å². The third-order valence-electron chi connectivity index (χ3n) is 6.18. The van der Waals surface area contributed by atoms with Crippen LogP contribution in [0.2, 0.25) is 0 Å². The minimum atomic E-state index is -0.982. The molecule has 7 nitrogen and oxygen atoms in total. The van der Waals surface area contributed by atoms with Gasteiger partial charge >= 0.3 is 0 Å². The normalized spacial score (nSPS) is 14.6. The second-order valence-electron chi connectivity index (χ2n) is 8.66. The molecular weight excluding hydrogens is 436 g/mol. The highest BCUT2D eigenvalue weighted by Crippen LogP contribution is 2.34. The van der Waals surface area contributed by atoms with Gasteiger partial charge in [0.15, 0.2) is 17.3 Å². The SMILES string of the molecule is Cc1cccc(-n2nc3nc(NCCN4CCCCC4)nc(-c4cccc(F)c4F)c3c2N)c1. The van der Waals surface area contributed by atoms with Crippen molar-refractivity contribution in [2.24, 2.45) is 0 Å². The molecule has 4 aromatic rings. The van der Waals surface area contributed by atoms with Crippen LogP contribution in [-0.2, 0) is 0 Å². The zero-order chi connectivity index (χ0) is 23.7. The second-order valence-corrected chi connectivity index (χ2v) is 8.66. The number of nitrogens with two attached hydrogens (primary N) is 1. The number of likely N-dealkylation sites (tertiary alicyclic amines) is 1. The van der Waals surface area contributed by atoms with E-state index < -0.39 is 11.6 Å². The topological polar surface area (TPSA) is 84.9 Å². The van der Waals surface area contributed by atoms with Crippen LogP contribution in [0.1, 0.15) is 24.8 Å². The lowest BCUT2D eigenvalue weighted by Gasteiger charge is -2.26. The predicted molar refractivity (Wildman–Crippen MR) is 130 cm³/mol. The Morgan fingerprint density at radius 2 is 1.82 bits per heavy atom. The standard InChI is InChI=1S/C25H27F2N7/c1-16-7-5-8-17(15-16)34-23(28)20-22(18-9-6-10-19(26)21(18)27)30-25(31-24(20)32-34)29-11-14-33-12-3-2-4-13-33/h5-10,15H,2-4,11-14,28H2,1H3,(H,29,31,32). The van der Waals surface area contributed by atoms with Gasteiger partial charge in [0.2, 0.25) is 5.95 Å². The molecule has 0 unspecified atom stereocenters. The molecule has 1 aliphatic rings. The van der Waals surface area contributed by atoms with Gasteiger partial charge in [-0.15, -0.1) is 5.10 Å². The molecule has 1 saturated heterocycles. The van der Waals surface area contributed by atoms with Gasteiger partial charge in [-0.2, -0.15) is 4.98 Å². The average molecular weight is 464 g/mol. The van der Waals surface area contributed by atoms with Crippen molar-refractivity contribution >= 4 is 22.8 Å². The number of aromatic nitrogens is 4. The van der Waals surface area contributed by atoms with E-state index in [4.69, 9.17) is 5.73 Å². The van der Waals surface area contributed by atoms with Gasteiger partial charge in [-0.3, -0.25) is 0 Å². The minimum absolute atomic E-state index is 0.0157. The summed E-state index contributed by atoms with van der Waals surface area (Å²) in [5.41, 5.74) is 8.80. The summed E-state index contributed by atoms with van der Waals surface area (Å²) in [4.78, 5) is 11.5. The summed E-state index contributed by atoms with van der Waals surface area (Å²) in [7, 11) is 0. The van der Waals surface area contributed by atoms with Gasteiger partial charge in [0.1, 0.15) is 5.82 Å². The molecule has 9 heteroatoms. The number of nitrogens with zero attached hydrogens (tertiary/aromatic N) is 5.